The predicted molar refractivity (Wildman–Crippen MR) is 104 cm³/mol. The summed E-state index contributed by atoms with van der Waals surface area (Å²) in [6.45, 7) is 6.14. The van der Waals surface area contributed by atoms with E-state index in [0.29, 0.717) is 31.0 Å². The van der Waals surface area contributed by atoms with E-state index in [9.17, 15) is 9.59 Å². The van der Waals surface area contributed by atoms with E-state index in [4.69, 9.17) is 0 Å². The van der Waals surface area contributed by atoms with Crippen LogP contribution in [0.3, 0.4) is 0 Å². The van der Waals surface area contributed by atoms with Gasteiger partial charge in [0, 0.05) is 26.2 Å². The van der Waals surface area contributed by atoms with Crippen LogP contribution >= 0.6 is 0 Å². The van der Waals surface area contributed by atoms with Gasteiger partial charge in [0.15, 0.2) is 0 Å². The Kier molecular flexibility index (Phi) is 5.83. The smallest absolute Gasteiger partial charge is 0.291 e. The molecule has 1 unspecified atom stereocenters. The van der Waals surface area contributed by atoms with Crippen LogP contribution in [0.15, 0.2) is 47.8 Å². The van der Waals surface area contributed by atoms with Crippen LogP contribution in [0.5, 0.6) is 0 Å². The van der Waals surface area contributed by atoms with Gasteiger partial charge in [0.25, 0.3) is 11.8 Å². The molecule has 146 valence electrons. The van der Waals surface area contributed by atoms with Crippen molar-refractivity contribution < 1.29 is 9.59 Å². The normalized spacial score (nSPS) is 17.9. The fourth-order valence-electron chi connectivity index (χ4n) is 2.92. The zero-order chi connectivity index (χ0) is 20.1. The zero-order valence-corrected chi connectivity index (χ0v) is 15.9. The number of hydrazone groups is 1. The molecule has 2 aromatic rings. The molecule has 2 amide bonds. The molecule has 0 bridgehead atoms. The summed E-state index contributed by atoms with van der Waals surface area (Å²) in [6.07, 6.45) is 2.56. The van der Waals surface area contributed by atoms with E-state index < -0.39 is 11.9 Å². The molecule has 2 N–H and O–H groups in total. The standard InChI is InChI=1S/C19H23N7O2/c1-4-20-26-11-10-15(19(28)25(3)13(26)2)21-18(27)17-22-16(23-24-17)12-14-8-6-5-7-9-14/h4-9,15H,2,10-12H2,1,3H3,(H,21,27)(H,22,23,24)/b20-4-. The number of carbonyl (C=O) groups excluding carboxylic acids is 2. The number of hydrogen-bond acceptors (Lipinski definition) is 6. The second kappa shape index (κ2) is 8.47. The van der Waals surface area contributed by atoms with E-state index in [2.05, 4.69) is 32.2 Å². The third-order valence-electron chi connectivity index (χ3n) is 4.45. The number of nitrogens with one attached hydrogen (secondary N) is 2. The van der Waals surface area contributed by atoms with Crippen LogP contribution in [0.2, 0.25) is 0 Å². The van der Waals surface area contributed by atoms with Gasteiger partial charge in [-0.05, 0) is 18.9 Å². The first kappa shape index (κ1) is 19.3. The summed E-state index contributed by atoms with van der Waals surface area (Å²) in [5.41, 5.74) is 1.06. The van der Waals surface area contributed by atoms with Crippen molar-refractivity contribution in [2.45, 2.75) is 25.8 Å². The van der Waals surface area contributed by atoms with Gasteiger partial charge in [-0.2, -0.15) is 5.10 Å². The lowest BCUT2D eigenvalue weighted by molar-refractivity contribution is -0.130. The molecule has 3 rings (SSSR count). The van der Waals surface area contributed by atoms with E-state index in [-0.39, 0.29) is 11.7 Å². The molecule has 0 saturated carbocycles. The minimum atomic E-state index is -0.706. The topological polar surface area (TPSA) is 107 Å². The maximum absolute atomic E-state index is 12.6. The Morgan fingerprint density at radius 2 is 2.18 bits per heavy atom. The summed E-state index contributed by atoms with van der Waals surface area (Å²) in [5, 5.41) is 15.3. The summed E-state index contributed by atoms with van der Waals surface area (Å²) in [5.74, 6) is 0.292. The Labute approximate surface area is 163 Å². The van der Waals surface area contributed by atoms with Crippen LogP contribution in [0.25, 0.3) is 0 Å². The van der Waals surface area contributed by atoms with Gasteiger partial charge in [0.1, 0.15) is 17.7 Å². The maximum Gasteiger partial charge on any atom is 0.291 e. The number of carbonyl (C=O) groups is 2. The molecule has 0 aliphatic carbocycles. The molecule has 1 aromatic carbocycles. The third kappa shape index (κ3) is 4.25. The lowest BCUT2D eigenvalue weighted by Crippen LogP contribution is -2.46. The van der Waals surface area contributed by atoms with E-state index >= 15 is 0 Å². The van der Waals surface area contributed by atoms with Gasteiger partial charge in [-0.15, -0.1) is 5.10 Å². The average molecular weight is 381 g/mol. The van der Waals surface area contributed by atoms with Crippen LogP contribution in [-0.2, 0) is 11.2 Å². The number of amides is 2. The van der Waals surface area contributed by atoms with Crippen molar-refractivity contribution in [3.63, 3.8) is 0 Å². The molecular formula is C19H23N7O2. The Morgan fingerprint density at radius 1 is 1.43 bits per heavy atom. The monoisotopic (exact) mass is 381 g/mol. The molecule has 1 saturated heterocycles. The van der Waals surface area contributed by atoms with Gasteiger partial charge in [0.2, 0.25) is 5.82 Å². The molecule has 28 heavy (non-hydrogen) atoms. The first-order valence-electron chi connectivity index (χ1n) is 8.98. The molecule has 1 aliphatic heterocycles. The van der Waals surface area contributed by atoms with E-state index in [1.807, 2.05) is 30.3 Å². The molecule has 1 aromatic heterocycles. The van der Waals surface area contributed by atoms with E-state index in [1.165, 1.54) is 4.90 Å². The van der Waals surface area contributed by atoms with Crippen LogP contribution in [0.4, 0.5) is 0 Å². The highest BCUT2D eigenvalue weighted by molar-refractivity contribution is 5.95. The number of likely N-dealkylation sites (N-methyl/N-ethyl adjacent to an activating group) is 1. The Bertz CT molecular complexity index is 891. The lowest BCUT2D eigenvalue weighted by atomic mass is 10.1. The number of benzene rings is 1. The summed E-state index contributed by atoms with van der Waals surface area (Å²) < 4.78 is 0. The first-order chi connectivity index (χ1) is 13.5. The zero-order valence-electron chi connectivity index (χ0n) is 15.9. The molecule has 0 spiro atoms. The first-order valence-corrected chi connectivity index (χ1v) is 8.98. The number of rotatable bonds is 5. The van der Waals surface area contributed by atoms with Crippen LogP contribution in [0.1, 0.15) is 35.4 Å². The number of aromatic nitrogens is 3. The van der Waals surface area contributed by atoms with E-state index in [1.54, 1.807) is 25.2 Å². The number of H-pyrrole nitrogens is 1. The largest absolute Gasteiger partial charge is 0.337 e. The number of aromatic amines is 1. The quantitative estimate of drug-likeness (QED) is 0.755. The van der Waals surface area contributed by atoms with Crippen molar-refractivity contribution in [2.75, 3.05) is 13.6 Å². The van der Waals surface area contributed by atoms with Crippen molar-refractivity contribution in [2.24, 2.45) is 5.10 Å². The van der Waals surface area contributed by atoms with Gasteiger partial charge in [-0.3, -0.25) is 24.6 Å². The van der Waals surface area contributed by atoms with Gasteiger partial charge >= 0.3 is 0 Å². The van der Waals surface area contributed by atoms with Gasteiger partial charge < -0.3 is 5.32 Å². The highest BCUT2D eigenvalue weighted by atomic mass is 16.2. The summed E-state index contributed by atoms with van der Waals surface area (Å²) in [7, 11) is 1.61. The molecular weight excluding hydrogens is 358 g/mol. The second-order valence-corrected chi connectivity index (χ2v) is 6.39. The van der Waals surface area contributed by atoms with Gasteiger partial charge in [0.05, 0.1) is 0 Å². The minimum absolute atomic E-state index is 0.00731. The highest BCUT2D eigenvalue weighted by Gasteiger charge is 2.32. The predicted octanol–water partition coefficient (Wildman–Crippen LogP) is 1.13. The SMILES string of the molecule is C=C1N(/N=C\C)CCC(NC(=O)c2n[nH]c(Cc3ccccc3)n2)C(=O)N1C. The van der Waals surface area contributed by atoms with Crippen LogP contribution < -0.4 is 5.32 Å². The lowest BCUT2D eigenvalue weighted by Gasteiger charge is -2.24. The number of hydrogen-bond donors (Lipinski definition) is 2. The van der Waals surface area contributed by atoms with Crippen molar-refractivity contribution in [1.29, 1.82) is 0 Å². The highest BCUT2D eigenvalue weighted by Crippen LogP contribution is 2.16. The van der Waals surface area contributed by atoms with Crippen molar-refractivity contribution in [1.82, 2.24) is 30.4 Å². The molecule has 9 nitrogen and oxygen atoms in total. The average Bonchev–Trinajstić information content (AvgIpc) is 3.14. The fraction of sp³-hybridized carbons (Fsp3) is 0.316. The summed E-state index contributed by atoms with van der Waals surface area (Å²) >= 11 is 0. The molecule has 1 aliphatic rings. The summed E-state index contributed by atoms with van der Waals surface area (Å²) in [4.78, 5) is 30.8. The number of nitrogens with zero attached hydrogens (tertiary/aromatic N) is 5. The van der Waals surface area contributed by atoms with E-state index in [0.717, 1.165) is 5.56 Å². The Hall–Kier alpha value is -3.49. The van der Waals surface area contributed by atoms with Crippen molar-refractivity contribution in [3.8, 4) is 0 Å². The van der Waals surface area contributed by atoms with Crippen molar-refractivity contribution >= 4 is 18.0 Å². The summed E-state index contributed by atoms with van der Waals surface area (Å²) in [6, 6.07) is 9.05. The molecule has 0 radical (unpaired) electrons. The van der Waals surface area contributed by atoms with Gasteiger partial charge in [-0.1, -0.05) is 36.9 Å². The Balaban J connectivity index is 1.67. The van der Waals surface area contributed by atoms with Gasteiger partial charge in [-0.25, -0.2) is 4.98 Å². The fourth-order valence-corrected chi connectivity index (χ4v) is 2.92. The molecule has 9 heteroatoms. The van der Waals surface area contributed by atoms with Crippen molar-refractivity contribution in [3.05, 3.63) is 59.9 Å². The van der Waals surface area contributed by atoms with Crippen LogP contribution in [-0.4, -0.2) is 62.8 Å². The Morgan fingerprint density at radius 3 is 2.89 bits per heavy atom. The second-order valence-electron chi connectivity index (χ2n) is 6.39. The maximum atomic E-state index is 12.6. The van der Waals surface area contributed by atoms with Crippen LogP contribution in [0, 0.1) is 0 Å². The third-order valence-corrected chi connectivity index (χ3v) is 4.45. The molecule has 1 fully saturated rings. The minimum Gasteiger partial charge on any atom is -0.337 e. The molecule has 1 atom stereocenters. The molecule has 2 heterocycles.